The van der Waals surface area contributed by atoms with Crippen LogP contribution in [0.4, 0.5) is 4.79 Å². The molecule has 0 saturated heterocycles. The first kappa shape index (κ1) is 20.1. The molecule has 28 heavy (non-hydrogen) atoms. The highest BCUT2D eigenvalue weighted by Crippen LogP contribution is 2.26. The second kappa shape index (κ2) is 8.60. The molecular formula is C20H27N3O5. The fourth-order valence-corrected chi connectivity index (χ4v) is 3.92. The maximum atomic E-state index is 12.6. The smallest absolute Gasteiger partial charge is 0.337 e. The monoisotopic (exact) mass is 389 g/mol. The van der Waals surface area contributed by atoms with E-state index in [2.05, 4.69) is 5.32 Å². The van der Waals surface area contributed by atoms with E-state index in [4.69, 9.17) is 9.84 Å². The van der Waals surface area contributed by atoms with Gasteiger partial charge in [-0.05, 0) is 49.1 Å². The Kier molecular flexibility index (Phi) is 6.18. The molecular weight excluding hydrogens is 362 g/mol. The van der Waals surface area contributed by atoms with Gasteiger partial charge in [0.25, 0.3) is 0 Å². The lowest BCUT2D eigenvalue weighted by atomic mass is 9.85. The summed E-state index contributed by atoms with van der Waals surface area (Å²) in [5.74, 6) is -1.21. The number of fused-ring (bicyclic) bond motifs is 1. The Morgan fingerprint density at radius 3 is 2.68 bits per heavy atom. The van der Waals surface area contributed by atoms with Gasteiger partial charge < -0.3 is 20.1 Å². The summed E-state index contributed by atoms with van der Waals surface area (Å²) >= 11 is 0. The number of amides is 2. The number of carbonyl (C=O) groups is 3. The molecule has 1 aromatic rings. The summed E-state index contributed by atoms with van der Waals surface area (Å²) < 4.78 is 4.77. The van der Waals surface area contributed by atoms with Crippen molar-refractivity contribution >= 4 is 18.0 Å². The minimum atomic E-state index is -0.826. The van der Waals surface area contributed by atoms with E-state index in [1.807, 2.05) is 17.9 Å². The van der Waals surface area contributed by atoms with Crippen LogP contribution in [0.2, 0.25) is 0 Å². The summed E-state index contributed by atoms with van der Waals surface area (Å²) in [6.07, 6.45) is 2.28. The number of likely N-dealkylation sites (N-methyl/N-ethyl adjacent to an activating group) is 1. The van der Waals surface area contributed by atoms with Crippen LogP contribution in [0.15, 0.2) is 18.2 Å². The van der Waals surface area contributed by atoms with Gasteiger partial charge in [-0.15, -0.1) is 0 Å². The Bertz CT molecular complexity index is 760. The Labute approximate surface area is 164 Å². The van der Waals surface area contributed by atoms with Crippen LogP contribution in [0, 0.1) is 0 Å². The minimum absolute atomic E-state index is 0.0350. The number of hydrogen-bond donors (Lipinski definition) is 2. The van der Waals surface area contributed by atoms with Crippen molar-refractivity contribution in [2.24, 2.45) is 0 Å². The van der Waals surface area contributed by atoms with Gasteiger partial charge in [0, 0.05) is 25.2 Å². The summed E-state index contributed by atoms with van der Waals surface area (Å²) in [7, 11) is 1.35. The zero-order chi connectivity index (χ0) is 20.3. The molecule has 2 amide bonds. The highest BCUT2D eigenvalue weighted by atomic mass is 16.5. The molecule has 1 heterocycles. The van der Waals surface area contributed by atoms with Crippen molar-refractivity contribution in [2.75, 3.05) is 26.7 Å². The van der Waals surface area contributed by atoms with Gasteiger partial charge in [-0.2, -0.15) is 0 Å². The van der Waals surface area contributed by atoms with Crippen LogP contribution in [0.3, 0.4) is 0 Å². The Balaban J connectivity index is 1.53. The molecule has 2 N–H and O–H groups in total. The normalized spacial score (nSPS) is 20.9. The Morgan fingerprint density at radius 1 is 1.29 bits per heavy atom. The average molecular weight is 389 g/mol. The lowest BCUT2D eigenvalue weighted by Crippen LogP contribution is -2.57. The molecule has 1 aliphatic heterocycles. The zero-order valence-corrected chi connectivity index (χ0v) is 16.3. The number of benzene rings is 1. The first-order valence-electron chi connectivity index (χ1n) is 9.62. The number of carbonyl (C=O) groups excluding carboxylic acids is 2. The van der Waals surface area contributed by atoms with Gasteiger partial charge in [-0.1, -0.05) is 13.0 Å². The van der Waals surface area contributed by atoms with E-state index in [1.54, 1.807) is 17.0 Å². The van der Waals surface area contributed by atoms with Gasteiger partial charge in [0.05, 0.1) is 19.2 Å². The van der Waals surface area contributed by atoms with Crippen molar-refractivity contribution in [2.45, 2.75) is 44.8 Å². The summed E-state index contributed by atoms with van der Waals surface area (Å²) in [5, 5.41) is 12.0. The predicted octanol–water partition coefficient (Wildman–Crippen LogP) is 1.48. The van der Waals surface area contributed by atoms with Gasteiger partial charge in [0.2, 0.25) is 0 Å². The van der Waals surface area contributed by atoms with Crippen LogP contribution in [0.1, 0.15) is 41.3 Å². The number of nitrogens with one attached hydrogen (secondary N) is 1. The van der Waals surface area contributed by atoms with E-state index in [-0.39, 0.29) is 30.6 Å². The van der Waals surface area contributed by atoms with Crippen molar-refractivity contribution in [3.63, 3.8) is 0 Å². The number of carboxylic acid groups (broad SMARTS) is 1. The largest absolute Gasteiger partial charge is 0.480 e. The summed E-state index contributed by atoms with van der Waals surface area (Å²) in [6.45, 7) is 3.76. The molecule has 1 saturated carbocycles. The number of urea groups is 1. The molecule has 1 aliphatic carbocycles. The number of carboxylic acids is 1. The quantitative estimate of drug-likeness (QED) is 0.715. The predicted molar refractivity (Wildman–Crippen MR) is 102 cm³/mol. The van der Waals surface area contributed by atoms with E-state index < -0.39 is 5.97 Å². The van der Waals surface area contributed by atoms with Crippen LogP contribution in [-0.4, -0.2) is 71.7 Å². The Hall–Kier alpha value is -2.61. The first-order chi connectivity index (χ1) is 13.4. The SMILES string of the molecule is CCN(CC(=O)O)C1CC(NC(=O)N2CCc3ccc(C(=O)OC)cc3C2)C1. The number of nitrogens with zero attached hydrogens (tertiary/aromatic N) is 2. The summed E-state index contributed by atoms with van der Waals surface area (Å²) in [6, 6.07) is 5.64. The number of ether oxygens (including phenoxy) is 1. The minimum Gasteiger partial charge on any atom is -0.480 e. The van der Waals surface area contributed by atoms with Gasteiger partial charge in [0.1, 0.15) is 0 Å². The molecule has 0 radical (unpaired) electrons. The standard InChI is InChI=1S/C20H27N3O5/c1-3-22(12-18(24)25)17-9-16(10-17)21-20(27)23-7-6-13-4-5-14(19(26)28-2)8-15(13)11-23/h4-5,8,16-17H,3,6-7,9-12H2,1-2H3,(H,21,27)(H,24,25). The molecule has 0 aromatic heterocycles. The molecule has 0 atom stereocenters. The van der Waals surface area contributed by atoms with Gasteiger partial charge in [0.15, 0.2) is 0 Å². The van der Waals surface area contributed by atoms with Crippen molar-refractivity contribution < 1.29 is 24.2 Å². The molecule has 0 spiro atoms. The third-order valence-corrected chi connectivity index (χ3v) is 5.63. The number of methoxy groups -OCH3 is 1. The molecule has 152 valence electrons. The number of hydrogen-bond acceptors (Lipinski definition) is 5. The maximum Gasteiger partial charge on any atom is 0.337 e. The Morgan fingerprint density at radius 2 is 2.04 bits per heavy atom. The third kappa shape index (κ3) is 4.44. The second-order valence-electron chi connectivity index (χ2n) is 7.38. The van der Waals surface area contributed by atoms with E-state index in [9.17, 15) is 14.4 Å². The van der Waals surface area contributed by atoms with E-state index >= 15 is 0 Å². The van der Waals surface area contributed by atoms with Gasteiger partial charge >= 0.3 is 18.0 Å². The van der Waals surface area contributed by atoms with Crippen molar-refractivity contribution in [1.82, 2.24) is 15.1 Å². The molecule has 8 nitrogen and oxygen atoms in total. The number of rotatable bonds is 6. The molecule has 2 aliphatic rings. The number of esters is 1. The van der Waals surface area contributed by atoms with E-state index in [0.717, 1.165) is 30.4 Å². The zero-order valence-electron chi connectivity index (χ0n) is 16.3. The van der Waals surface area contributed by atoms with Crippen LogP contribution in [-0.2, 0) is 22.5 Å². The van der Waals surface area contributed by atoms with Crippen LogP contribution in [0.5, 0.6) is 0 Å². The van der Waals surface area contributed by atoms with E-state index in [0.29, 0.717) is 25.2 Å². The summed E-state index contributed by atoms with van der Waals surface area (Å²) in [5.41, 5.74) is 2.60. The average Bonchev–Trinajstić information content (AvgIpc) is 2.66. The first-order valence-corrected chi connectivity index (χ1v) is 9.62. The third-order valence-electron chi connectivity index (χ3n) is 5.63. The lowest BCUT2D eigenvalue weighted by Gasteiger charge is -2.43. The van der Waals surface area contributed by atoms with Crippen molar-refractivity contribution in [3.05, 3.63) is 34.9 Å². The maximum absolute atomic E-state index is 12.6. The highest BCUT2D eigenvalue weighted by molar-refractivity contribution is 5.89. The highest BCUT2D eigenvalue weighted by Gasteiger charge is 2.35. The topological polar surface area (TPSA) is 99.2 Å². The molecule has 8 heteroatoms. The lowest BCUT2D eigenvalue weighted by molar-refractivity contribution is -0.139. The fraction of sp³-hybridized carbons (Fsp3) is 0.550. The van der Waals surface area contributed by atoms with Gasteiger partial charge in [-0.3, -0.25) is 9.69 Å². The van der Waals surface area contributed by atoms with E-state index in [1.165, 1.54) is 7.11 Å². The van der Waals surface area contributed by atoms with Crippen molar-refractivity contribution in [3.8, 4) is 0 Å². The molecule has 1 aromatic carbocycles. The number of aliphatic carboxylic acids is 1. The van der Waals surface area contributed by atoms with Crippen LogP contribution < -0.4 is 5.32 Å². The van der Waals surface area contributed by atoms with Crippen molar-refractivity contribution in [1.29, 1.82) is 0 Å². The molecule has 0 bridgehead atoms. The second-order valence-corrected chi connectivity index (χ2v) is 7.38. The fourth-order valence-electron chi connectivity index (χ4n) is 3.92. The van der Waals surface area contributed by atoms with Crippen LogP contribution >= 0.6 is 0 Å². The molecule has 1 fully saturated rings. The van der Waals surface area contributed by atoms with Gasteiger partial charge in [-0.25, -0.2) is 9.59 Å². The van der Waals surface area contributed by atoms with Crippen LogP contribution in [0.25, 0.3) is 0 Å². The summed E-state index contributed by atoms with van der Waals surface area (Å²) in [4.78, 5) is 39.0. The molecule has 0 unspecified atom stereocenters. The molecule has 3 rings (SSSR count).